The first-order valence-electron chi connectivity index (χ1n) is 6.53. The average molecular weight is 274 g/mol. The molecule has 3 N–H and O–H groups in total. The molecular formula is C14H15FN4O. The van der Waals surface area contributed by atoms with Crippen LogP contribution in [0.2, 0.25) is 0 Å². The minimum Gasteiger partial charge on any atom is -0.352 e. The molecule has 6 heteroatoms. The molecule has 0 spiro atoms. The summed E-state index contributed by atoms with van der Waals surface area (Å²) in [7, 11) is 0. The van der Waals surface area contributed by atoms with Crippen molar-refractivity contribution in [3.63, 3.8) is 0 Å². The molecule has 1 saturated heterocycles. The van der Waals surface area contributed by atoms with Gasteiger partial charge in [-0.15, -0.1) is 0 Å². The number of benzene rings is 1. The molecule has 0 radical (unpaired) electrons. The summed E-state index contributed by atoms with van der Waals surface area (Å²) in [5, 5.41) is 12.6. The number of nitrogens with zero attached hydrogens (tertiary/aromatic N) is 1. The maximum atomic E-state index is 13.8. The van der Waals surface area contributed by atoms with Gasteiger partial charge in [-0.2, -0.15) is 5.10 Å². The molecule has 0 unspecified atom stereocenters. The van der Waals surface area contributed by atoms with E-state index in [0.29, 0.717) is 29.3 Å². The first-order valence-corrected chi connectivity index (χ1v) is 6.53. The van der Waals surface area contributed by atoms with E-state index in [4.69, 9.17) is 0 Å². The molecule has 0 aliphatic carbocycles. The van der Waals surface area contributed by atoms with Gasteiger partial charge in [-0.1, -0.05) is 12.1 Å². The fourth-order valence-corrected chi connectivity index (χ4v) is 2.15. The van der Waals surface area contributed by atoms with Crippen LogP contribution in [-0.4, -0.2) is 35.7 Å². The van der Waals surface area contributed by atoms with Crippen molar-refractivity contribution in [1.29, 1.82) is 0 Å². The Balaban J connectivity index is 1.79. The highest BCUT2D eigenvalue weighted by Gasteiger charge is 2.20. The van der Waals surface area contributed by atoms with Crippen LogP contribution < -0.4 is 10.6 Å². The van der Waals surface area contributed by atoms with Gasteiger partial charge in [0.05, 0.1) is 17.5 Å². The fourth-order valence-electron chi connectivity index (χ4n) is 2.15. The number of carbonyl (C=O) groups is 1. The zero-order chi connectivity index (χ0) is 13.9. The van der Waals surface area contributed by atoms with E-state index < -0.39 is 0 Å². The molecule has 0 saturated carbocycles. The molecule has 1 aromatic heterocycles. The van der Waals surface area contributed by atoms with E-state index in [0.717, 1.165) is 13.1 Å². The highest BCUT2D eigenvalue weighted by atomic mass is 19.1. The van der Waals surface area contributed by atoms with E-state index in [1.54, 1.807) is 18.2 Å². The summed E-state index contributed by atoms with van der Waals surface area (Å²) in [5.74, 6) is -0.138. The van der Waals surface area contributed by atoms with Crippen molar-refractivity contribution in [1.82, 2.24) is 20.8 Å². The smallest absolute Gasteiger partial charge is 0.255 e. The Labute approximate surface area is 115 Å². The summed E-state index contributed by atoms with van der Waals surface area (Å²) in [6, 6.07) is 6.31. The summed E-state index contributed by atoms with van der Waals surface area (Å²) in [6.07, 6.45) is 1.43. The highest BCUT2D eigenvalue weighted by Crippen LogP contribution is 2.23. The predicted octanol–water partition coefficient (Wildman–Crippen LogP) is 1.16. The summed E-state index contributed by atoms with van der Waals surface area (Å²) in [4.78, 5) is 12.1. The second kappa shape index (κ2) is 5.42. The first kappa shape index (κ1) is 12.8. The molecule has 20 heavy (non-hydrogen) atoms. The minimum absolute atomic E-state index is 0.232. The van der Waals surface area contributed by atoms with E-state index in [-0.39, 0.29) is 11.7 Å². The van der Waals surface area contributed by atoms with Gasteiger partial charge < -0.3 is 10.6 Å². The third-order valence-electron chi connectivity index (χ3n) is 3.44. The molecule has 0 bridgehead atoms. The Morgan fingerprint density at radius 3 is 2.90 bits per heavy atom. The van der Waals surface area contributed by atoms with Crippen LogP contribution in [0.5, 0.6) is 0 Å². The van der Waals surface area contributed by atoms with Crippen LogP contribution >= 0.6 is 0 Å². The number of aromatic amines is 1. The molecule has 0 atom stereocenters. The van der Waals surface area contributed by atoms with Crippen molar-refractivity contribution < 1.29 is 9.18 Å². The molecule has 104 valence electrons. The van der Waals surface area contributed by atoms with Gasteiger partial charge in [0, 0.05) is 31.1 Å². The number of H-pyrrole nitrogens is 1. The number of halogens is 1. The van der Waals surface area contributed by atoms with Crippen LogP contribution in [-0.2, 0) is 0 Å². The molecule has 3 rings (SSSR count). The van der Waals surface area contributed by atoms with Crippen LogP contribution in [0.15, 0.2) is 30.5 Å². The van der Waals surface area contributed by atoms with Crippen molar-refractivity contribution in [2.45, 2.75) is 0 Å². The number of rotatable bonds is 4. The van der Waals surface area contributed by atoms with E-state index in [2.05, 4.69) is 20.8 Å². The Morgan fingerprint density at radius 2 is 2.20 bits per heavy atom. The molecule has 1 aliphatic heterocycles. The highest BCUT2D eigenvalue weighted by molar-refractivity contribution is 5.99. The second-order valence-corrected chi connectivity index (χ2v) is 4.87. The summed E-state index contributed by atoms with van der Waals surface area (Å²) < 4.78 is 13.8. The fraction of sp³-hybridized carbons (Fsp3) is 0.286. The molecule has 1 amide bonds. The third kappa shape index (κ3) is 2.42. The lowest BCUT2D eigenvalue weighted by Crippen LogP contribution is -2.48. The van der Waals surface area contributed by atoms with Crippen molar-refractivity contribution in [2.24, 2.45) is 5.92 Å². The van der Waals surface area contributed by atoms with Crippen LogP contribution in [0.1, 0.15) is 10.4 Å². The quantitative estimate of drug-likeness (QED) is 0.783. The number of aromatic nitrogens is 2. The van der Waals surface area contributed by atoms with Crippen LogP contribution in [0.4, 0.5) is 4.39 Å². The van der Waals surface area contributed by atoms with Crippen molar-refractivity contribution in [3.8, 4) is 11.3 Å². The monoisotopic (exact) mass is 274 g/mol. The molecule has 1 aliphatic rings. The molecule has 2 aromatic rings. The van der Waals surface area contributed by atoms with Crippen LogP contribution in [0.25, 0.3) is 11.3 Å². The summed E-state index contributed by atoms with van der Waals surface area (Å²) in [5.41, 5.74) is 1.12. The van der Waals surface area contributed by atoms with E-state index in [1.165, 1.54) is 12.3 Å². The van der Waals surface area contributed by atoms with E-state index in [9.17, 15) is 9.18 Å². The molecule has 1 fully saturated rings. The van der Waals surface area contributed by atoms with Gasteiger partial charge in [-0.05, 0) is 12.1 Å². The zero-order valence-corrected chi connectivity index (χ0v) is 10.8. The SMILES string of the molecule is O=C(NCC1CNC1)c1cn[nH]c1-c1ccccc1F. The molecule has 1 aromatic carbocycles. The lowest BCUT2D eigenvalue weighted by Gasteiger charge is -2.27. The predicted molar refractivity (Wildman–Crippen MR) is 72.7 cm³/mol. The van der Waals surface area contributed by atoms with Crippen molar-refractivity contribution in [3.05, 3.63) is 41.8 Å². The normalized spacial score (nSPS) is 14.8. The lowest BCUT2D eigenvalue weighted by atomic mass is 10.0. The third-order valence-corrected chi connectivity index (χ3v) is 3.44. The lowest BCUT2D eigenvalue weighted by molar-refractivity contribution is 0.0943. The Morgan fingerprint density at radius 1 is 1.40 bits per heavy atom. The number of carbonyl (C=O) groups excluding carboxylic acids is 1. The summed E-state index contributed by atoms with van der Waals surface area (Å²) in [6.45, 7) is 2.46. The Bertz CT molecular complexity index is 621. The minimum atomic E-state index is -0.381. The average Bonchev–Trinajstić information content (AvgIpc) is 2.86. The van der Waals surface area contributed by atoms with E-state index >= 15 is 0 Å². The van der Waals surface area contributed by atoms with Gasteiger partial charge in [0.25, 0.3) is 5.91 Å². The van der Waals surface area contributed by atoms with Crippen molar-refractivity contribution in [2.75, 3.05) is 19.6 Å². The molecular weight excluding hydrogens is 259 g/mol. The molecule has 5 nitrogen and oxygen atoms in total. The Kier molecular flexibility index (Phi) is 3.47. The number of hydrogen-bond acceptors (Lipinski definition) is 3. The van der Waals surface area contributed by atoms with Gasteiger partial charge in [0.2, 0.25) is 0 Å². The van der Waals surface area contributed by atoms with Crippen LogP contribution in [0, 0.1) is 11.7 Å². The second-order valence-electron chi connectivity index (χ2n) is 4.87. The maximum absolute atomic E-state index is 13.8. The topological polar surface area (TPSA) is 69.8 Å². The standard InChI is InChI=1S/C14H15FN4O/c15-12-4-2-1-3-10(12)13-11(8-18-19-13)14(20)17-7-9-5-16-6-9/h1-4,8-9,16H,5-7H2,(H,17,20)(H,18,19). The van der Waals surface area contributed by atoms with Gasteiger partial charge in [-0.25, -0.2) is 4.39 Å². The van der Waals surface area contributed by atoms with Gasteiger partial charge in [0.1, 0.15) is 5.82 Å². The van der Waals surface area contributed by atoms with Gasteiger partial charge >= 0.3 is 0 Å². The van der Waals surface area contributed by atoms with Gasteiger partial charge in [0.15, 0.2) is 0 Å². The molecule has 2 heterocycles. The van der Waals surface area contributed by atoms with Crippen molar-refractivity contribution >= 4 is 5.91 Å². The zero-order valence-electron chi connectivity index (χ0n) is 10.8. The van der Waals surface area contributed by atoms with E-state index in [1.807, 2.05) is 0 Å². The number of nitrogens with one attached hydrogen (secondary N) is 3. The summed E-state index contributed by atoms with van der Waals surface area (Å²) >= 11 is 0. The van der Waals surface area contributed by atoms with Crippen LogP contribution in [0.3, 0.4) is 0 Å². The number of hydrogen-bond donors (Lipinski definition) is 3. The Hall–Kier alpha value is -2.21. The first-order chi connectivity index (χ1) is 9.75. The largest absolute Gasteiger partial charge is 0.352 e. The maximum Gasteiger partial charge on any atom is 0.255 e. The number of amides is 1. The van der Waals surface area contributed by atoms with Gasteiger partial charge in [-0.3, -0.25) is 9.89 Å².